The third-order valence-electron chi connectivity index (χ3n) is 3.09. The number of carboxylic acid groups (broad SMARTS) is 1. The minimum atomic E-state index is -0.764. The summed E-state index contributed by atoms with van der Waals surface area (Å²) in [6.07, 6.45) is 2.69. The van der Waals surface area contributed by atoms with Gasteiger partial charge in [-0.25, -0.2) is 0 Å². The van der Waals surface area contributed by atoms with Crippen molar-refractivity contribution in [3.8, 4) is 0 Å². The van der Waals surface area contributed by atoms with Gasteiger partial charge >= 0.3 is 5.97 Å². The van der Waals surface area contributed by atoms with Gasteiger partial charge in [0, 0.05) is 12.3 Å². The topological polar surface area (TPSA) is 54.4 Å². The highest BCUT2D eigenvalue weighted by Gasteiger charge is 2.60. The Morgan fingerprint density at radius 1 is 1.64 bits per heavy atom. The van der Waals surface area contributed by atoms with Gasteiger partial charge in [0.15, 0.2) is 0 Å². The Bertz CT molecular complexity index is 233. The molecular formula is C8H10O3. The molecule has 0 spiro atoms. The number of hydrogen-bond acceptors (Lipinski definition) is 2. The Morgan fingerprint density at radius 2 is 2.36 bits per heavy atom. The monoisotopic (exact) mass is 154 g/mol. The van der Waals surface area contributed by atoms with E-state index in [4.69, 9.17) is 5.11 Å². The van der Waals surface area contributed by atoms with Gasteiger partial charge in [-0.2, -0.15) is 0 Å². The number of hydrogen-bond donors (Lipinski definition) is 1. The molecule has 2 aliphatic rings. The Morgan fingerprint density at radius 3 is 2.82 bits per heavy atom. The minimum absolute atomic E-state index is 0.139. The van der Waals surface area contributed by atoms with E-state index in [9.17, 15) is 9.59 Å². The fourth-order valence-electron chi connectivity index (χ4n) is 2.39. The van der Waals surface area contributed by atoms with Crippen LogP contribution in [0.15, 0.2) is 0 Å². The fourth-order valence-corrected chi connectivity index (χ4v) is 2.39. The maximum absolute atomic E-state index is 11.0. The van der Waals surface area contributed by atoms with Crippen molar-refractivity contribution in [3.05, 3.63) is 0 Å². The summed E-state index contributed by atoms with van der Waals surface area (Å²) in [5.74, 6) is -0.746. The third kappa shape index (κ3) is 0.633. The predicted molar refractivity (Wildman–Crippen MR) is 37.0 cm³/mol. The number of ketones is 1. The third-order valence-corrected chi connectivity index (χ3v) is 3.09. The van der Waals surface area contributed by atoms with Crippen LogP contribution in [0, 0.1) is 11.3 Å². The van der Waals surface area contributed by atoms with Crippen LogP contribution in [0.4, 0.5) is 0 Å². The summed E-state index contributed by atoms with van der Waals surface area (Å²) >= 11 is 0. The molecule has 2 aliphatic carbocycles. The van der Waals surface area contributed by atoms with Crippen LogP contribution < -0.4 is 0 Å². The number of fused-ring (bicyclic) bond motifs is 1. The Labute approximate surface area is 64.4 Å². The molecule has 2 rings (SSSR count). The van der Waals surface area contributed by atoms with Crippen LogP contribution in [0.25, 0.3) is 0 Å². The molecule has 2 unspecified atom stereocenters. The molecule has 0 bridgehead atoms. The first-order chi connectivity index (χ1) is 5.17. The van der Waals surface area contributed by atoms with Crippen LogP contribution >= 0.6 is 0 Å². The van der Waals surface area contributed by atoms with E-state index in [2.05, 4.69) is 0 Å². The molecule has 2 saturated carbocycles. The SMILES string of the molecule is O=C1CC2(C(=O)O)CCCC12. The van der Waals surface area contributed by atoms with Gasteiger partial charge in [-0.15, -0.1) is 0 Å². The highest BCUT2D eigenvalue weighted by atomic mass is 16.4. The van der Waals surface area contributed by atoms with Crippen LogP contribution in [0.3, 0.4) is 0 Å². The largest absolute Gasteiger partial charge is 0.481 e. The molecule has 0 heterocycles. The molecule has 0 aromatic rings. The van der Waals surface area contributed by atoms with Gasteiger partial charge in [0.05, 0.1) is 5.41 Å². The van der Waals surface area contributed by atoms with Gasteiger partial charge in [0.2, 0.25) is 0 Å². The number of Topliss-reactive ketones (excluding diaryl/α,β-unsaturated/α-hetero) is 1. The molecule has 0 aromatic carbocycles. The molecule has 0 aromatic heterocycles. The zero-order chi connectivity index (χ0) is 8.06. The zero-order valence-corrected chi connectivity index (χ0v) is 6.17. The summed E-state index contributed by atoms with van der Waals surface area (Å²) in [6.45, 7) is 0. The molecule has 3 nitrogen and oxygen atoms in total. The van der Waals surface area contributed by atoms with Crippen molar-refractivity contribution in [1.29, 1.82) is 0 Å². The molecular weight excluding hydrogens is 144 g/mol. The standard InChI is InChI=1S/C8H10O3/c9-6-4-8(7(10)11)3-1-2-5(6)8/h5H,1-4H2,(H,10,11). The van der Waals surface area contributed by atoms with Crippen LogP contribution in [0.5, 0.6) is 0 Å². The van der Waals surface area contributed by atoms with E-state index in [0.29, 0.717) is 6.42 Å². The predicted octanol–water partition coefficient (Wildman–Crippen LogP) is 0.830. The Kier molecular flexibility index (Phi) is 1.14. The summed E-state index contributed by atoms with van der Waals surface area (Å²) in [7, 11) is 0. The average Bonchev–Trinajstić information content (AvgIpc) is 2.26. The molecule has 3 heteroatoms. The number of carboxylic acids is 1. The van der Waals surface area contributed by atoms with Crippen molar-refractivity contribution in [2.75, 3.05) is 0 Å². The van der Waals surface area contributed by atoms with Crippen LogP contribution in [-0.2, 0) is 9.59 Å². The molecule has 2 atom stereocenters. The normalized spacial score (nSPS) is 41.5. The second-order valence-electron chi connectivity index (χ2n) is 3.55. The maximum atomic E-state index is 11.0. The van der Waals surface area contributed by atoms with Gasteiger partial charge in [-0.1, -0.05) is 6.42 Å². The van der Waals surface area contributed by atoms with Crippen LogP contribution in [0.1, 0.15) is 25.7 Å². The van der Waals surface area contributed by atoms with Crippen molar-refractivity contribution in [3.63, 3.8) is 0 Å². The molecule has 0 saturated heterocycles. The van der Waals surface area contributed by atoms with E-state index in [-0.39, 0.29) is 18.1 Å². The number of aliphatic carboxylic acids is 1. The maximum Gasteiger partial charge on any atom is 0.310 e. The smallest absolute Gasteiger partial charge is 0.310 e. The van der Waals surface area contributed by atoms with Crippen molar-refractivity contribution < 1.29 is 14.7 Å². The average molecular weight is 154 g/mol. The summed E-state index contributed by atoms with van der Waals surface area (Å²) in [4.78, 5) is 21.7. The van der Waals surface area contributed by atoms with Gasteiger partial charge in [0.1, 0.15) is 5.78 Å². The van der Waals surface area contributed by atoms with E-state index < -0.39 is 11.4 Å². The lowest BCUT2D eigenvalue weighted by molar-refractivity contribution is -0.166. The van der Waals surface area contributed by atoms with E-state index >= 15 is 0 Å². The summed E-state index contributed by atoms with van der Waals surface area (Å²) in [5, 5.41) is 8.86. The fraction of sp³-hybridized carbons (Fsp3) is 0.750. The quantitative estimate of drug-likeness (QED) is 0.608. The summed E-state index contributed by atoms with van der Waals surface area (Å²) in [5.41, 5.74) is -0.628. The lowest BCUT2D eigenvalue weighted by Gasteiger charge is -2.39. The van der Waals surface area contributed by atoms with Gasteiger partial charge < -0.3 is 5.11 Å². The minimum Gasteiger partial charge on any atom is -0.481 e. The lowest BCUT2D eigenvalue weighted by atomic mass is 9.61. The molecule has 60 valence electrons. The van der Waals surface area contributed by atoms with E-state index in [1.54, 1.807) is 0 Å². The second-order valence-corrected chi connectivity index (χ2v) is 3.55. The highest BCUT2D eigenvalue weighted by Crippen LogP contribution is 2.55. The van der Waals surface area contributed by atoms with Gasteiger partial charge in [-0.3, -0.25) is 9.59 Å². The molecule has 1 N–H and O–H groups in total. The van der Waals surface area contributed by atoms with Crippen LogP contribution in [-0.4, -0.2) is 16.9 Å². The molecule has 0 amide bonds. The second kappa shape index (κ2) is 1.84. The zero-order valence-electron chi connectivity index (χ0n) is 6.17. The summed E-state index contributed by atoms with van der Waals surface area (Å²) in [6, 6.07) is 0. The molecule has 0 aliphatic heterocycles. The van der Waals surface area contributed by atoms with E-state index in [1.807, 2.05) is 0 Å². The first-order valence-corrected chi connectivity index (χ1v) is 3.93. The lowest BCUT2D eigenvalue weighted by Crippen LogP contribution is -2.50. The van der Waals surface area contributed by atoms with Crippen molar-refractivity contribution in [1.82, 2.24) is 0 Å². The Hall–Kier alpha value is -0.860. The van der Waals surface area contributed by atoms with E-state index in [1.165, 1.54) is 0 Å². The van der Waals surface area contributed by atoms with Gasteiger partial charge in [-0.05, 0) is 12.8 Å². The van der Waals surface area contributed by atoms with Crippen molar-refractivity contribution in [2.45, 2.75) is 25.7 Å². The van der Waals surface area contributed by atoms with Crippen LogP contribution in [0.2, 0.25) is 0 Å². The summed E-state index contributed by atoms with van der Waals surface area (Å²) < 4.78 is 0. The first-order valence-electron chi connectivity index (χ1n) is 3.93. The van der Waals surface area contributed by atoms with E-state index in [0.717, 1.165) is 12.8 Å². The highest BCUT2D eigenvalue weighted by molar-refractivity contribution is 5.99. The number of rotatable bonds is 1. The number of carbonyl (C=O) groups excluding carboxylic acids is 1. The van der Waals surface area contributed by atoms with Crippen molar-refractivity contribution >= 4 is 11.8 Å². The first kappa shape index (κ1) is 6.83. The molecule has 11 heavy (non-hydrogen) atoms. The Balaban J connectivity index is 2.28. The van der Waals surface area contributed by atoms with Crippen molar-refractivity contribution in [2.24, 2.45) is 11.3 Å². The molecule has 0 radical (unpaired) electrons. The molecule has 2 fully saturated rings. The number of carbonyl (C=O) groups is 2. The van der Waals surface area contributed by atoms with Gasteiger partial charge in [0.25, 0.3) is 0 Å².